The van der Waals surface area contributed by atoms with Crippen LogP contribution < -0.4 is 10.6 Å². The maximum absolute atomic E-state index is 11.1. The number of amides is 1. The van der Waals surface area contributed by atoms with E-state index in [1.807, 2.05) is 18.2 Å². The summed E-state index contributed by atoms with van der Waals surface area (Å²) in [5.41, 5.74) is 6.84. The molecule has 0 atom stereocenters. The van der Waals surface area contributed by atoms with Gasteiger partial charge >= 0.3 is 0 Å². The molecule has 23 heavy (non-hydrogen) atoms. The Labute approximate surface area is 140 Å². The van der Waals surface area contributed by atoms with Gasteiger partial charge < -0.3 is 10.6 Å². The summed E-state index contributed by atoms with van der Waals surface area (Å²) in [5, 5.41) is 2.62. The Balaban J connectivity index is 1.48. The van der Waals surface area contributed by atoms with Crippen molar-refractivity contribution in [3.63, 3.8) is 0 Å². The van der Waals surface area contributed by atoms with Crippen LogP contribution in [0.5, 0.6) is 0 Å². The zero-order valence-electron chi connectivity index (χ0n) is 12.9. The van der Waals surface area contributed by atoms with Crippen molar-refractivity contribution in [3.8, 4) is 0 Å². The van der Waals surface area contributed by atoms with Crippen molar-refractivity contribution in [2.24, 2.45) is 5.73 Å². The summed E-state index contributed by atoms with van der Waals surface area (Å²) in [6, 6.07) is 10.3. The van der Waals surface area contributed by atoms with Crippen LogP contribution in [0, 0.1) is 0 Å². The summed E-state index contributed by atoms with van der Waals surface area (Å²) in [5.74, 6) is -0.461. The third kappa shape index (κ3) is 4.18. The predicted molar refractivity (Wildman–Crippen MR) is 94.8 cm³/mol. The summed E-state index contributed by atoms with van der Waals surface area (Å²) >= 11 is 1.48. The van der Waals surface area contributed by atoms with E-state index >= 15 is 0 Å². The molecule has 1 fully saturated rings. The van der Waals surface area contributed by atoms with Crippen molar-refractivity contribution in [1.82, 2.24) is 9.88 Å². The summed E-state index contributed by atoms with van der Waals surface area (Å²) in [7, 11) is 0. The van der Waals surface area contributed by atoms with E-state index in [1.54, 1.807) is 5.38 Å². The van der Waals surface area contributed by atoms with Crippen LogP contribution in [-0.4, -0.2) is 48.5 Å². The highest BCUT2D eigenvalue weighted by Crippen LogP contribution is 2.21. The van der Waals surface area contributed by atoms with Gasteiger partial charge in [0, 0.05) is 38.1 Å². The maximum atomic E-state index is 11.1. The molecule has 0 spiro atoms. The molecule has 3 rings (SSSR count). The molecular formula is C17H20N4OS. The van der Waals surface area contributed by atoms with Crippen LogP contribution in [-0.2, 0) is 0 Å². The van der Waals surface area contributed by atoms with E-state index < -0.39 is 5.91 Å². The number of nitrogens with two attached hydrogens (primary N) is 1. The summed E-state index contributed by atoms with van der Waals surface area (Å²) in [4.78, 5) is 20.0. The molecule has 1 aromatic carbocycles. The normalized spacial score (nSPS) is 16.1. The van der Waals surface area contributed by atoms with Crippen LogP contribution in [0.3, 0.4) is 0 Å². The average molecular weight is 328 g/mol. The van der Waals surface area contributed by atoms with Crippen LogP contribution in [0.15, 0.2) is 41.8 Å². The Kier molecular flexibility index (Phi) is 5.05. The molecule has 1 aromatic heterocycles. The van der Waals surface area contributed by atoms with Crippen LogP contribution in [0.1, 0.15) is 16.1 Å². The molecule has 6 heteroatoms. The number of carbonyl (C=O) groups is 1. The van der Waals surface area contributed by atoms with Crippen LogP contribution in [0.4, 0.5) is 5.13 Å². The molecule has 1 aliphatic rings. The first-order valence-electron chi connectivity index (χ1n) is 7.66. The summed E-state index contributed by atoms with van der Waals surface area (Å²) in [6.07, 6.45) is 4.37. The number of hydrogen-bond donors (Lipinski definition) is 1. The first kappa shape index (κ1) is 15.7. The topological polar surface area (TPSA) is 62.5 Å². The number of carbonyl (C=O) groups excluding carboxylic acids is 1. The molecule has 2 N–H and O–H groups in total. The number of aromatic nitrogens is 1. The van der Waals surface area contributed by atoms with Gasteiger partial charge in [0.2, 0.25) is 0 Å². The van der Waals surface area contributed by atoms with Crippen LogP contribution in [0.2, 0.25) is 0 Å². The van der Waals surface area contributed by atoms with Gasteiger partial charge in [0.05, 0.1) is 0 Å². The third-order valence-electron chi connectivity index (χ3n) is 3.86. The molecule has 0 unspecified atom stereocenters. The minimum absolute atomic E-state index is 0.359. The molecule has 2 heterocycles. The van der Waals surface area contributed by atoms with Gasteiger partial charge in [-0.2, -0.15) is 0 Å². The Morgan fingerprint density at radius 3 is 2.61 bits per heavy atom. The second-order valence-electron chi connectivity index (χ2n) is 5.48. The second-order valence-corrected chi connectivity index (χ2v) is 6.32. The van der Waals surface area contributed by atoms with E-state index in [0.717, 1.165) is 37.9 Å². The fraction of sp³-hybridized carbons (Fsp3) is 0.294. The highest BCUT2D eigenvalue weighted by molar-refractivity contribution is 7.13. The van der Waals surface area contributed by atoms with Gasteiger partial charge in [-0.1, -0.05) is 42.5 Å². The number of hydrogen-bond acceptors (Lipinski definition) is 5. The fourth-order valence-electron chi connectivity index (χ4n) is 2.55. The number of nitrogens with zero attached hydrogens (tertiary/aromatic N) is 3. The lowest BCUT2D eigenvalue weighted by Crippen LogP contribution is -2.46. The molecule has 120 valence electrons. The molecular weight excluding hydrogens is 308 g/mol. The minimum Gasteiger partial charge on any atom is -0.364 e. The van der Waals surface area contributed by atoms with Crippen molar-refractivity contribution < 1.29 is 4.79 Å². The molecule has 1 saturated heterocycles. The molecule has 1 amide bonds. The SMILES string of the molecule is NC(=O)c1csc(N2CCN(CC=Cc3ccccc3)CC2)n1. The number of thiazole rings is 1. The molecule has 1 aliphatic heterocycles. The molecule has 0 radical (unpaired) electrons. The van der Waals surface area contributed by atoms with Crippen molar-refractivity contribution in [2.75, 3.05) is 37.6 Å². The Morgan fingerprint density at radius 2 is 1.96 bits per heavy atom. The number of benzene rings is 1. The monoisotopic (exact) mass is 328 g/mol. The Morgan fingerprint density at radius 1 is 1.22 bits per heavy atom. The average Bonchev–Trinajstić information content (AvgIpc) is 3.07. The second kappa shape index (κ2) is 7.39. The van der Waals surface area contributed by atoms with E-state index in [4.69, 9.17) is 5.73 Å². The predicted octanol–water partition coefficient (Wildman–Crippen LogP) is 2.08. The maximum Gasteiger partial charge on any atom is 0.268 e. The van der Waals surface area contributed by atoms with Crippen LogP contribution in [0.25, 0.3) is 6.08 Å². The van der Waals surface area contributed by atoms with E-state index in [9.17, 15) is 4.79 Å². The highest BCUT2D eigenvalue weighted by atomic mass is 32.1. The van der Waals surface area contributed by atoms with Gasteiger partial charge in [-0.3, -0.25) is 9.69 Å². The zero-order valence-corrected chi connectivity index (χ0v) is 13.7. The molecule has 0 bridgehead atoms. The van der Waals surface area contributed by atoms with E-state index in [-0.39, 0.29) is 0 Å². The number of rotatable bonds is 5. The quantitative estimate of drug-likeness (QED) is 0.913. The van der Waals surface area contributed by atoms with Crippen molar-refractivity contribution >= 4 is 28.5 Å². The zero-order chi connectivity index (χ0) is 16.1. The van der Waals surface area contributed by atoms with Crippen LogP contribution >= 0.6 is 11.3 Å². The molecule has 0 saturated carbocycles. The van der Waals surface area contributed by atoms with E-state index in [1.165, 1.54) is 16.9 Å². The minimum atomic E-state index is -0.461. The Bertz CT molecular complexity index is 675. The van der Waals surface area contributed by atoms with E-state index in [0.29, 0.717) is 5.69 Å². The number of anilines is 1. The van der Waals surface area contributed by atoms with Gasteiger partial charge in [-0.15, -0.1) is 11.3 Å². The van der Waals surface area contributed by atoms with Crippen molar-refractivity contribution in [1.29, 1.82) is 0 Å². The van der Waals surface area contributed by atoms with Gasteiger partial charge in [0.1, 0.15) is 5.69 Å². The lowest BCUT2D eigenvalue weighted by molar-refractivity contribution is 0.0996. The van der Waals surface area contributed by atoms with Gasteiger partial charge in [-0.05, 0) is 5.56 Å². The summed E-state index contributed by atoms with van der Waals surface area (Å²) in [6.45, 7) is 4.78. The first-order chi connectivity index (χ1) is 11.2. The largest absolute Gasteiger partial charge is 0.364 e. The Hall–Kier alpha value is -2.18. The third-order valence-corrected chi connectivity index (χ3v) is 4.76. The van der Waals surface area contributed by atoms with E-state index in [2.05, 4.69) is 39.1 Å². The van der Waals surface area contributed by atoms with Crippen molar-refractivity contribution in [2.45, 2.75) is 0 Å². The molecule has 0 aliphatic carbocycles. The molecule has 5 nitrogen and oxygen atoms in total. The highest BCUT2D eigenvalue weighted by Gasteiger charge is 2.19. The number of piperazine rings is 1. The van der Waals surface area contributed by atoms with Crippen molar-refractivity contribution in [3.05, 3.63) is 53.0 Å². The first-order valence-corrected chi connectivity index (χ1v) is 8.54. The number of primary amides is 1. The van der Waals surface area contributed by atoms with Gasteiger partial charge in [-0.25, -0.2) is 4.98 Å². The fourth-order valence-corrected chi connectivity index (χ4v) is 3.42. The lowest BCUT2D eigenvalue weighted by Gasteiger charge is -2.33. The molecule has 2 aromatic rings. The standard InChI is InChI=1S/C17H20N4OS/c18-16(22)15-13-23-17(19-15)21-11-9-20(10-12-21)8-4-7-14-5-2-1-3-6-14/h1-7,13H,8-12H2,(H2,18,22). The van der Waals surface area contributed by atoms with Gasteiger partial charge in [0.15, 0.2) is 5.13 Å². The summed E-state index contributed by atoms with van der Waals surface area (Å²) < 4.78 is 0. The van der Waals surface area contributed by atoms with Gasteiger partial charge in [0.25, 0.3) is 5.91 Å². The smallest absolute Gasteiger partial charge is 0.268 e. The lowest BCUT2D eigenvalue weighted by atomic mass is 10.2.